The molecule has 0 amide bonds. The SMILES string of the molecule is CCOC(=O)C(C)C(=O)CC(=O)[C@@H]1[C@H]([C@H](C)/C=C\C=C\[C@H](C)OCc2ccc(OC)cc2)C=C[C@@H]2CC(C)=C[C@@H](C)[C@@H]12. The van der Waals surface area contributed by atoms with Crippen LogP contribution >= 0.6 is 0 Å². The summed E-state index contributed by atoms with van der Waals surface area (Å²) in [6.07, 6.45) is 15.5. The molecule has 0 spiro atoms. The minimum atomic E-state index is -0.940. The van der Waals surface area contributed by atoms with Crippen molar-refractivity contribution in [1.29, 1.82) is 0 Å². The van der Waals surface area contributed by atoms with Gasteiger partial charge in [0, 0.05) is 5.92 Å². The molecule has 6 heteroatoms. The Hall–Kier alpha value is -3.25. The summed E-state index contributed by atoms with van der Waals surface area (Å²) < 4.78 is 16.2. The minimum absolute atomic E-state index is 0.0351. The van der Waals surface area contributed by atoms with Crippen molar-refractivity contribution in [2.75, 3.05) is 13.7 Å². The van der Waals surface area contributed by atoms with E-state index in [2.05, 4.69) is 45.1 Å². The standard InChI is InChI=1S/C36H48O6/c1-8-41-36(39)27(6)32(37)21-33(38)35-31(18-15-29-20-23(2)19-25(4)34(29)35)24(3)11-9-10-12-26(5)42-22-28-13-16-30(40-7)17-14-28/h9-19,24-27,29,31,34-35H,8,20-22H2,1-7H3/b11-9-,12-10+/t24-,25-,26+,27?,29-,31+,34-,35+/m1/s1. The Labute approximate surface area is 251 Å². The van der Waals surface area contributed by atoms with E-state index in [4.69, 9.17) is 14.2 Å². The van der Waals surface area contributed by atoms with Gasteiger partial charge in [0.2, 0.25) is 0 Å². The van der Waals surface area contributed by atoms with Crippen molar-refractivity contribution in [1.82, 2.24) is 0 Å². The Bertz CT molecular complexity index is 1190. The van der Waals surface area contributed by atoms with E-state index in [1.165, 1.54) is 12.5 Å². The van der Waals surface area contributed by atoms with Gasteiger partial charge in [-0.2, -0.15) is 0 Å². The van der Waals surface area contributed by atoms with Gasteiger partial charge in [-0.25, -0.2) is 0 Å². The first kappa shape index (κ1) is 33.3. The molecule has 228 valence electrons. The first-order valence-electron chi connectivity index (χ1n) is 15.2. The lowest BCUT2D eigenvalue weighted by molar-refractivity contribution is -0.151. The van der Waals surface area contributed by atoms with Gasteiger partial charge in [-0.15, -0.1) is 0 Å². The van der Waals surface area contributed by atoms with E-state index >= 15 is 0 Å². The molecule has 0 saturated carbocycles. The van der Waals surface area contributed by atoms with E-state index in [1.807, 2.05) is 49.4 Å². The molecule has 42 heavy (non-hydrogen) atoms. The molecule has 0 aliphatic heterocycles. The Balaban J connectivity index is 1.69. The summed E-state index contributed by atoms with van der Waals surface area (Å²) in [5, 5.41) is 0. The van der Waals surface area contributed by atoms with E-state index in [0.717, 1.165) is 17.7 Å². The predicted molar refractivity (Wildman–Crippen MR) is 166 cm³/mol. The second-order valence-corrected chi connectivity index (χ2v) is 11.9. The van der Waals surface area contributed by atoms with Gasteiger partial charge in [0.25, 0.3) is 0 Å². The molecule has 2 aliphatic rings. The van der Waals surface area contributed by atoms with Crippen LogP contribution in [0, 0.1) is 41.4 Å². The van der Waals surface area contributed by atoms with Crippen molar-refractivity contribution in [2.24, 2.45) is 41.4 Å². The lowest BCUT2D eigenvalue weighted by Crippen LogP contribution is -2.44. The smallest absolute Gasteiger partial charge is 0.316 e. The summed E-state index contributed by atoms with van der Waals surface area (Å²) in [5.74, 6) is -0.763. The van der Waals surface area contributed by atoms with E-state index in [0.29, 0.717) is 6.61 Å². The molecule has 0 bridgehead atoms. The second-order valence-electron chi connectivity index (χ2n) is 11.9. The van der Waals surface area contributed by atoms with Crippen LogP contribution in [0.4, 0.5) is 0 Å². The molecule has 0 aromatic heterocycles. The Morgan fingerprint density at radius 3 is 2.38 bits per heavy atom. The number of carbonyl (C=O) groups excluding carboxylic acids is 3. The van der Waals surface area contributed by atoms with Crippen LogP contribution in [-0.4, -0.2) is 37.4 Å². The number of hydrogen-bond acceptors (Lipinski definition) is 6. The van der Waals surface area contributed by atoms with E-state index in [1.54, 1.807) is 14.0 Å². The molecule has 3 rings (SSSR count). The Kier molecular flexibility index (Phi) is 12.5. The van der Waals surface area contributed by atoms with Gasteiger partial charge < -0.3 is 14.2 Å². The van der Waals surface area contributed by atoms with Crippen molar-refractivity contribution in [3.63, 3.8) is 0 Å². The maximum Gasteiger partial charge on any atom is 0.316 e. The monoisotopic (exact) mass is 576 g/mol. The molecule has 0 N–H and O–H groups in total. The van der Waals surface area contributed by atoms with Gasteiger partial charge in [0.1, 0.15) is 17.5 Å². The van der Waals surface area contributed by atoms with Crippen LogP contribution in [0.3, 0.4) is 0 Å². The van der Waals surface area contributed by atoms with Crippen molar-refractivity contribution in [3.05, 3.63) is 77.9 Å². The van der Waals surface area contributed by atoms with E-state index in [-0.39, 0.29) is 66.2 Å². The van der Waals surface area contributed by atoms with Crippen LogP contribution < -0.4 is 4.74 Å². The van der Waals surface area contributed by atoms with Gasteiger partial charge in [0.05, 0.1) is 32.8 Å². The van der Waals surface area contributed by atoms with Crippen molar-refractivity contribution in [2.45, 2.75) is 67.1 Å². The number of rotatable bonds is 14. The van der Waals surface area contributed by atoms with Crippen molar-refractivity contribution < 1.29 is 28.6 Å². The predicted octanol–water partition coefficient (Wildman–Crippen LogP) is 7.10. The van der Waals surface area contributed by atoms with Crippen LogP contribution in [0.1, 0.15) is 59.9 Å². The molecule has 0 heterocycles. The number of fused-ring (bicyclic) bond motifs is 1. The number of benzene rings is 1. The van der Waals surface area contributed by atoms with Crippen LogP contribution in [-0.2, 0) is 30.5 Å². The largest absolute Gasteiger partial charge is 0.497 e. The maximum atomic E-state index is 13.8. The minimum Gasteiger partial charge on any atom is -0.497 e. The first-order valence-corrected chi connectivity index (χ1v) is 15.2. The van der Waals surface area contributed by atoms with Gasteiger partial charge in [-0.1, -0.05) is 74.1 Å². The molecule has 1 aromatic rings. The number of esters is 1. The number of Topliss-reactive ketones (excluding diaryl/α,β-unsaturated/α-hetero) is 2. The topological polar surface area (TPSA) is 78.9 Å². The Morgan fingerprint density at radius 1 is 1.02 bits per heavy atom. The van der Waals surface area contributed by atoms with Crippen LogP contribution in [0.2, 0.25) is 0 Å². The van der Waals surface area contributed by atoms with Crippen molar-refractivity contribution in [3.8, 4) is 5.75 Å². The highest BCUT2D eigenvalue weighted by Gasteiger charge is 2.45. The lowest BCUT2D eigenvalue weighted by atomic mass is 9.58. The maximum absolute atomic E-state index is 13.8. The molecule has 8 atom stereocenters. The highest BCUT2D eigenvalue weighted by Crippen LogP contribution is 2.48. The molecule has 1 unspecified atom stereocenters. The van der Waals surface area contributed by atoms with Gasteiger partial charge >= 0.3 is 5.97 Å². The summed E-state index contributed by atoms with van der Waals surface area (Å²) >= 11 is 0. The van der Waals surface area contributed by atoms with E-state index in [9.17, 15) is 14.4 Å². The van der Waals surface area contributed by atoms with Gasteiger partial charge in [-0.3, -0.25) is 14.4 Å². The number of carbonyl (C=O) groups is 3. The number of ketones is 2. The fourth-order valence-electron chi connectivity index (χ4n) is 6.33. The molecule has 0 radical (unpaired) electrons. The van der Waals surface area contributed by atoms with Crippen LogP contribution in [0.25, 0.3) is 0 Å². The van der Waals surface area contributed by atoms with E-state index < -0.39 is 11.9 Å². The summed E-state index contributed by atoms with van der Waals surface area (Å²) in [6.45, 7) is 12.4. The summed E-state index contributed by atoms with van der Waals surface area (Å²) in [6, 6.07) is 7.83. The third-order valence-corrected chi connectivity index (χ3v) is 8.65. The molecular formula is C36H48O6. The third-order valence-electron chi connectivity index (χ3n) is 8.65. The van der Waals surface area contributed by atoms with Crippen LogP contribution in [0.5, 0.6) is 5.75 Å². The number of methoxy groups -OCH3 is 1. The lowest BCUT2D eigenvalue weighted by Gasteiger charge is -2.45. The Morgan fingerprint density at radius 2 is 1.71 bits per heavy atom. The molecular weight excluding hydrogens is 528 g/mol. The summed E-state index contributed by atoms with van der Waals surface area (Å²) in [7, 11) is 1.65. The van der Waals surface area contributed by atoms with Gasteiger partial charge in [0.15, 0.2) is 5.78 Å². The average molecular weight is 577 g/mol. The number of allylic oxidation sites excluding steroid dienone is 7. The summed E-state index contributed by atoms with van der Waals surface area (Å²) in [5.41, 5.74) is 2.42. The number of hydrogen-bond donors (Lipinski definition) is 0. The average Bonchev–Trinajstić information content (AvgIpc) is 2.97. The normalized spacial score (nSPS) is 25.9. The first-order chi connectivity index (χ1) is 20.0. The fraction of sp³-hybridized carbons (Fsp3) is 0.528. The summed E-state index contributed by atoms with van der Waals surface area (Å²) in [4.78, 5) is 38.9. The van der Waals surface area contributed by atoms with Crippen LogP contribution in [0.15, 0.2) is 72.4 Å². The highest BCUT2D eigenvalue weighted by atomic mass is 16.5. The number of ether oxygens (including phenoxy) is 3. The molecule has 1 aromatic carbocycles. The zero-order valence-corrected chi connectivity index (χ0v) is 26.2. The van der Waals surface area contributed by atoms with Crippen molar-refractivity contribution >= 4 is 17.5 Å². The highest BCUT2D eigenvalue weighted by molar-refractivity contribution is 6.08. The fourth-order valence-corrected chi connectivity index (χ4v) is 6.33. The quantitative estimate of drug-likeness (QED) is 0.102. The third kappa shape index (κ3) is 8.87. The molecule has 6 nitrogen and oxygen atoms in total. The van der Waals surface area contributed by atoms with Gasteiger partial charge in [-0.05, 0) is 81.4 Å². The molecule has 0 saturated heterocycles. The zero-order chi connectivity index (χ0) is 30.8. The molecule has 0 fully saturated rings. The second kappa shape index (κ2) is 15.8. The molecule has 2 aliphatic carbocycles. The zero-order valence-electron chi connectivity index (χ0n) is 26.2.